The third-order valence-electron chi connectivity index (χ3n) is 4.63. The van der Waals surface area contributed by atoms with Gasteiger partial charge in [0.1, 0.15) is 0 Å². The number of hydrogen-bond donors (Lipinski definition) is 0. The summed E-state index contributed by atoms with van der Waals surface area (Å²) < 4.78 is 0. The first kappa shape index (κ1) is 14.8. The molecular formula is C16H22ClN3O. The Balaban J connectivity index is 1.62. The molecule has 5 heteroatoms. The van der Waals surface area contributed by atoms with Gasteiger partial charge in [0.25, 0.3) is 5.91 Å². The van der Waals surface area contributed by atoms with Gasteiger partial charge < -0.3 is 9.80 Å². The van der Waals surface area contributed by atoms with E-state index in [9.17, 15) is 4.79 Å². The van der Waals surface area contributed by atoms with Crippen LogP contribution in [0.25, 0.3) is 0 Å². The highest BCUT2D eigenvalue weighted by Gasteiger charge is 2.29. The summed E-state index contributed by atoms with van der Waals surface area (Å²) in [5.74, 6) is 0.0207. The van der Waals surface area contributed by atoms with E-state index < -0.39 is 0 Å². The Hall–Kier alpha value is -1.13. The Morgan fingerprint density at radius 3 is 2.52 bits per heavy atom. The van der Waals surface area contributed by atoms with Crippen LogP contribution in [0.15, 0.2) is 12.3 Å². The molecule has 0 N–H and O–H groups in total. The monoisotopic (exact) mass is 307 g/mol. The number of amides is 1. The first-order chi connectivity index (χ1) is 10.1. The molecule has 21 heavy (non-hydrogen) atoms. The van der Waals surface area contributed by atoms with Crippen LogP contribution in [0, 0.1) is 6.92 Å². The number of carbonyl (C=O) groups excluding carboxylic acids is 1. The van der Waals surface area contributed by atoms with Crippen molar-refractivity contribution >= 4 is 17.5 Å². The Morgan fingerprint density at radius 2 is 1.90 bits per heavy atom. The van der Waals surface area contributed by atoms with Crippen molar-refractivity contribution in [3.8, 4) is 0 Å². The molecule has 0 spiro atoms. The van der Waals surface area contributed by atoms with E-state index in [0.717, 1.165) is 31.6 Å². The molecule has 2 aliphatic heterocycles. The lowest BCUT2D eigenvalue weighted by molar-refractivity contribution is 0.0644. The largest absolute Gasteiger partial charge is 0.338 e. The van der Waals surface area contributed by atoms with E-state index >= 15 is 0 Å². The smallest absolute Gasteiger partial charge is 0.256 e. The molecular weight excluding hydrogens is 286 g/mol. The fourth-order valence-corrected chi connectivity index (χ4v) is 3.68. The Bertz CT molecular complexity index is 520. The van der Waals surface area contributed by atoms with Gasteiger partial charge in [-0.3, -0.25) is 9.78 Å². The molecule has 0 atom stereocenters. The van der Waals surface area contributed by atoms with Crippen LogP contribution in [0.1, 0.15) is 41.7 Å². The molecule has 3 rings (SSSR count). The summed E-state index contributed by atoms with van der Waals surface area (Å²) in [6.07, 6.45) is 6.39. The van der Waals surface area contributed by atoms with E-state index in [-0.39, 0.29) is 5.91 Å². The molecule has 1 aromatic heterocycles. The fourth-order valence-electron chi connectivity index (χ4n) is 3.40. The molecule has 2 aliphatic rings. The minimum absolute atomic E-state index is 0.0207. The van der Waals surface area contributed by atoms with Gasteiger partial charge in [-0.1, -0.05) is 11.6 Å². The van der Waals surface area contributed by atoms with E-state index in [0.29, 0.717) is 16.6 Å². The van der Waals surface area contributed by atoms with Gasteiger partial charge in [0.05, 0.1) is 10.6 Å². The molecule has 0 radical (unpaired) electrons. The number of likely N-dealkylation sites (tertiary alicyclic amines) is 2. The van der Waals surface area contributed by atoms with E-state index in [1.807, 2.05) is 11.8 Å². The minimum atomic E-state index is 0.0207. The lowest BCUT2D eigenvalue weighted by Crippen LogP contribution is -2.46. The van der Waals surface area contributed by atoms with E-state index in [2.05, 4.69) is 9.88 Å². The normalized spacial score (nSPS) is 21.0. The average molecular weight is 308 g/mol. The molecule has 0 unspecified atom stereocenters. The van der Waals surface area contributed by atoms with Gasteiger partial charge >= 0.3 is 0 Å². The summed E-state index contributed by atoms with van der Waals surface area (Å²) in [7, 11) is 0. The molecule has 0 aliphatic carbocycles. The van der Waals surface area contributed by atoms with Crippen molar-refractivity contribution in [2.45, 2.75) is 38.6 Å². The zero-order chi connectivity index (χ0) is 14.8. The zero-order valence-corrected chi connectivity index (χ0v) is 13.3. The van der Waals surface area contributed by atoms with Crippen molar-refractivity contribution in [3.63, 3.8) is 0 Å². The van der Waals surface area contributed by atoms with Gasteiger partial charge in [0.2, 0.25) is 0 Å². The second-order valence-electron chi connectivity index (χ2n) is 6.07. The molecule has 3 heterocycles. The molecule has 1 aromatic rings. The topological polar surface area (TPSA) is 36.4 Å². The number of rotatable bonds is 2. The first-order valence-electron chi connectivity index (χ1n) is 7.80. The lowest BCUT2D eigenvalue weighted by atomic mass is 10.0. The van der Waals surface area contributed by atoms with Crippen molar-refractivity contribution in [2.75, 3.05) is 26.2 Å². The molecule has 2 saturated heterocycles. The predicted octanol–water partition coefficient (Wildman–Crippen LogP) is 2.74. The summed E-state index contributed by atoms with van der Waals surface area (Å²) in [6.45, 7) is 5.98. The van der Waals surface area contributed by atoms with Crippen molar-refractivity contribution in [3.05, 3.63) is 28.5 Å². The maximum Gasteiger partial charge on any atom is 0.256 e. The van der Waals surface area contributed by atoms with Crippen LogP contribution in [0.3, 0.4) is 0 Å². The number of pyridine rings is 1. The second kappa shape index (κ2) is 6.32. The van der Waals surface area contributed by atoms with Crippen molar-refractivity contribution in [2.24, 2.45) is 0 Å². The SMILES string of the molecule is Cc1cc(Cl)c(C(=O)N2CCC(N3CCCC3)CC2)cn1. The van der Waals surface area contributed by atoms with Crippen molar-refractivity contribution in [1.82, 2.24) is 14.8 Å². The Morgan fingerprint density at radius 1 is 1.24 bits per heavy atom. The number of halogens is 1. The van der Waals surface area contributed by atoms with Gasteiger partial charge in [0.15, 0.2) is 0 Å². The summed E-state index contributed by atoms with van der Waals surface area (Å²) in [4.78, 5) is 21.2. The number of piperidine rings is 1. The average Bonchev–Trinajstić information content (AvgIpc) is 3.01. The number of aromatic nitrogens is 1. The van der Waals surface area contributed by atoms with Crippen LogP contribution in [-0.2, 0) is 0 Å². The molecule has 4 nitrogen and oxygen atoms in total. The highest BCUT2D eigenvalue weighted by atomic mass is 35.5. The maximum atomic E-state index is 12.5. The number of carbonyl (C=O) groups is 1. The first-order valence-corrected chi connectivity index (χ1v) is 8.18. The van der Waals surface area contributed by atoms with E-state index in [1.54, 1.807) is 12.3 Å². The van der Waals surface area contributed by atoms with Crippen LogP contribution in [0.5, 0.6) is 0 Å². The zero-order valence-electron chi connectivity index (χ0n) is 12.5. The van der Waals surface area contributed by atoms with Crippen LogP contribution < -0.4 is 0 Å². The van der Waals surface area contributed by atoms with E-state index in [4.69, 9.17) is 11.6 Å². The molecule has 0 aromatic carbocycles. The number of hydrogen-bond acceptors (Lipinski definition) is 3. The summed E-state index contributed by atoms with van der Waals surface area (Å²) in [5, 5.41) is 0.508. The molecule has 1 amide bonds. The van der Waals surface area contributed by atoms with Crippen LogP contribution >= 0.6 is 11.6 Å². The maximum absolute atomic E-state index is 12.5. The lowest BCUT2D eigenvalue weighted by Gasteiger charge is -2.36. The quantitative estimate of drug-likeness (QED) is 0.843. The minimum Gasteiger partial charge on any atom is -0.338 e. The van der Waals surface area contributed by atoms with Crippen molar-refractivity contribution < 1.29 is 4.79 Å². The molecule has 2 fully saturated rings. The van der Waals surface area contributed by atoms with Gasteiger partial charge in [-0.25, -0.2) is 0 Å². The second-order valence-corrected chi connectivity index (χ2v) is 6.48. The van der Waals surface area contributed by atoms with Gasteiger partial charge in [-0.2, -0.15) is 0 Å². The standard InChI is InChI=1S/C16H22ClN3O/c1-12-10-15(17)14(11-18-12)16(21)20-8-4-13(5-9-20)19-6-2-3-7-19/h10-11,13H,2-9H2,1H3. The van der Waals surface area contributed by atoms with Crippen LogP contribution in [0.4, 0.5) is 0 Å². The van der Waals surface area contributed by atoms with Crippen LogP contribution in [0.2, 0.25) is 5.02 Å². The summed E-state index contributed by atoms with van der Waals surface area (Å²) in [6, 6.07) is 2.41. The van der Waals surface area contributed by atoms with Gasteiger partial charge in [-0.15, -0.1) is 0 Å². The highest BCUT2D eigenvalue weighted by molar-refractivity contribution is 6.33. The Kier molecular flexibility index (Phi) is 4.45. The highest BCUT2D eigenvalue weighted by Crippen LogP contribution is 2.24. The molecule has 0 bridgehead atoms. The van der Waals surface area contributed by atoms with Crippen molar-refractivity contribution in [1.29, 1.82) is 0 Å². The molecule has 0 saturated carbocycles. The van der Waals surface area contributed by atoms with Gasteiger partial charge in [0, 0.05) is 31.0 Å². The van der Waals surface area contributed by atoms with Crippen LogP contribution in [-0.4, -0.2) is 52.9 Å². The number of aryl methyl sites for hydroxylation is 1. The summed E-state index contributed by atoms with van der Waals surface area (Å²) in [5.41, 5.74) is 1.37. The summed E-state index contributed by atoms with van der Waals surface area (Å²) >= 11 is 6.18. The Labute approximate surface area is 131 Å². The van der Waals surface area contributed by atoms with Gasteiger partial charge in [-0.05, 0) is 51.8 Å². The fraction of sp³-hybridized carbons (Fsp3) is 0.625. The number of nitrogens with zero attached hydrogens (tertiary/aromatic N) is 3. The third-order valence-corrected chi connectivity index (χ3v) is 4.94. The predicted molar refractivity (Wildman–Crippen MR) is 83.7 cm³/mol. The van der Waals surface area contributed by atoms with E-state index in [1.165, 1.54) is 25.9 Å². The third kappa shape index (κ3) is 3.22. The molecule has 114 valence electrons.